The molecule has 4 atom stereocenters. The maximum Gasteiger partial charge on any atom is 0.338 e. The van der Waals surface area contributed by atoms with E-state index >= 15 is 0 Å². The van der Waals surface area contributed by atoms with E-state index < -0.39 is 54.4 Å². The maximum atomic E-state index is 12.9. The zero-order valence-corrected chi connectivity index (χ0v) is 19.8. The Morgan fingerprint density at radius 2 is 1.16 bits per heavy atom. The summed E-state index contributed by atoms with van der Waals surface area (Å²) in [6, 6.07) is 24.0. The van der Waals surface area contributed by atoms with E-state index in [1.807, 2.05) is 0 Å². The zero-order chi connectivity index (χ0) is 26.4. The first-order valence-electron chi connectivity index (χ1n) is 11.4. The Balaban J connectivity index is 1.63. The molecule has 9 heteroatoms. The molecule has 1 saturated heterocycles. The summed E-state index contributed by atoms with van der Waals surface area (Å²) in [5.74, 6) is -5.95. The fourth-order valence-electron chi connectivity index (χ4n) is 3.82. The van der Waals surface area contributed by atoms with Crippen LogP contribution in [0.2, 0.25) is 0 Å². The summed E-state index contributed by atoms with van der Waals surface area (Å²) in [5, 5.41) is 11.1. The average molecular weight is 504 g/mol. The first-order chi connectivity index (χ1) is 17.8. The Morgan fingerprint density at radius 1 is 0.730 bits per heavy atom. The standard InChI is InChI=1S/C28H24O9/c1-18(29)28(33)24(36-27(32)21-15-9-4-10-16-21)23(35-26(31)20-13-7-3-8-14-20)22(37-28)17-34-25(30)19-11-5-2-6-12-19/h2-16,22-24,33H,17H2,1H3/t22-,23-,24-,28?/m1/s1. The van der Waals surface area contributed by atoms with Crippen molar-refractivity contribution >= 4 is 23.7 Å². The van der Waals surface area contributed by atoms with Gasteiger partial charge in [0.2, 0.25) is 6.10 Å². The number of esters is 3. The van der Waals surface area contributed by atoms with Crippen molar-refractivity contribution in [2.75, 3.05) is 6.61 Å². The number of carbonyl (C=O) groups is 4. The molecule has 0 radical (unpaired) electrons. The van der Waals surface area contributed by atoms with Gasteiger partial charge in [-0.2, -0.15) is 0 Å². The average Bonchev–Trinajstić information content (AvgIpc) is 3.20. The highest BCUT2D eigenvalue weighted by Gasteiger charge is 2.62. The van der Waals surface area contributed by atoms with Crippen molar-refractivity contribution in [3.8, 4) is 0 Å². The third kappa shape index (κ3) is 5.74. The molecule has 0 saturated carbocycles. The number of aliphatic hydroxyl groups is 1. The molecule has 3 aromatic rings. The van der Waals surface area contributed by atoms with Crippen LogP contribution in [0.15, 0.2) is 91.0 Å². The van der Waals surface area contributed by atoms with Gasteiger partial charge in [-0.25, -0.2) is 14.4 Å². The molecule has 0 amide bonds. The van der Waals surface area contributed by atoms with E-state index in [1.165, 1.54) is 24.3 Å². The van der Waals surface area contributed by atoms with Gasteiger partial charge in [-0.05, 0) is 36.4 Å². The highest BCUT2D eigenvalue weighted by atomic mass is 16.7. The lowest BCUT2D eigenvalue weighted by atomic mass is 10.0. The minimum Gasteiger partial charge on any atom is -0.459 e. The Bertz CT molecular complexity index is 1260. The fourth-order valence-corrected chi connectivity index (χ4v) is 3.82. The van der Waals surface area contributed by atoms with Gasteiger partial charge in [0.25, 0.3) is 5.79 Å². The van der Waals surface area contributed by atoms with Gasteiger partial charge in [0, 0.05) is 6.92 Å². The van der Waals surface area contributed by atoms with Crippen molar-refractivity contribution in [2.45, 2.75) is 31.0 Å². The molecule has 3 aromatic carbocycles. The topological polar surface area (TPSA) is 125 Å². The quantitative estimate of drug-likeness (QED) is 0.364. The third-order valence-electron chi connectivity index (χ3n) is 5.77. The zero-order valence-electron chi connectivity index (χ0n) is 19.8. The molecule has 9 nitrogen and oxygen atoms in total. The minimum atomic E-state index is -2.66. The maximum absolute atomic E-state index is 12.9. The van der Waals surface area contributed by atoms with Gasteiger partial charge in [-0.1, -0.05) is 54.6 Å². The van der Waals surface area contributed by atoms with Crippen molar-refractivity contribution in [3.05, 3.63) is 108 Å². The molecule has 0 aliphatic carbocycles. The molecular weight excluding hydrogens is 480 g/mol. The van der Waals surface area contributed by atoms with Crippen molar-refractivity contribution in [3.63, 3.8) is 0 Å². The van der Waals surface area contributed by atoms with Gasteiger partial charge in [0.05, 0.1) is 16.7 Å². The number of benzene rings is 3. The van der Waals surface area contributed by atoms with E-state index in [4.69, 9.17) is 18.9 Å². The van der Waals surface area contributed by atoms with Crippen LogP contribution in [-0.4, -0.2) is 59.5 Å². The first-order valence-corrected chi connectivity index (χ1v) is 11.4. The number of rotatable bonds is 8. The lowest BCUT2D eigenvalue weighted by Gasteiger charge is -2.27. The van der Waals surface area contributed by atoms with Crippen LogP contribution < -0.4 is 0 Å². The number of hydrogen-bond donors (Lipinski definition) is 1. The van der Waals surface area contributed by atoms with Crippen LogP contribution in [0.1, 0.15) is 38.0 Å². The van der Waals surface area contributed by atoms with Crippen LogP contribution in [0.5, 0.6) is 0 Å². The molecule has 0 spiro atoms. The Morgan fingerprint density at radius 3 is 1.62 bits per heavy atom. The summed E-state index contributed by atoms with van der Waals surface area (Å²) < 4.78 is 22.0. The number of Topliss-reactive ketones (excluding diaryl/α,β-unsaturated/α-hetero) is 1. The Hall–Kier alpha value is -4.34. The Kier molecular flexibility index (Phi) is 7.76. The molecule has 1 fully saturated rings. The summed E-state index contributed by atoms with van der Waals surface area (Å²) >= 11 is 0. The molecule has 0 aromatic heterocycles. The van der Waals surface area contributed by atoms with Crippen LogP contribution in [0.25, 0.3) is 0 Å². The highest BCUT2D eigenvalue weighted by molar-refractivity contribution is 5.92. The fraction of sp³-hybridized carbons (Fsp3) is 0.214. The van der Waals surface area contributed by atoms with Crippen LogP contribution in [0.4, 0.5) is 0 Å². The highest BCUT2D eigenvalue weighted by Crippen LogP contribution is 2.36. The van der Waals surface area contributed by atoms with E-state index in [0.717, 1.165) is 6.92 Å². The second-order valence-electron chi connectivity index (χ2n) is 8.30. The third-order valence-corrected chi connectivity index (χ3v) is 5.77. The normalized spacial score (nSPS) is 22.6. The van der Waals surface area contributed by atoms with Crippen LogP contribution in [0, 0.1) is 0 Å². The summed E-state index contributed by atoms with van der Waals surface area (Å²) in [6.45, 7) is 0.535. The summed E-state index contributed by atoms with van der Waals surface area (Å²) in [7, 11) is 0. The molecule has 4 rings (SSSR count). The molecule has 1 aliphatic heterocycles. The van der Waals surface area contributed by atoms with Crippen LogP contribution in [0.3, 0.4) is 0 Å². The number of ketones is 1. The summed E-state index contributed by atoms with van der Waals surface area (Å²) in [4.78, 5) is 50.7. The summed E-state index contributed by atoms with van der Waals surface area (Å²) in [6.07, 6.45) is -4.56. The Labute approximate surface area is 212 Å². The largest absolute Gasteiger partial charge is 0.459 e. The van der Waals surface area contributed by atoms with Gasteiger partial charge in [0.1, 0.15) is 12.7 Å². The molecular formula is C28H24O9. The summed E-state index contributed by atoms with van der Waals surface area (Å²) in [5.41, 5.74) is 0.571. The number of hydrogen-bond acceptors (Lipinski definition) is 9. The minimum absolute atomic E-state index is 0.139. The van der Waals surface area contributed by atoms with Gasteiger partial charge in [-0.15, -0.1) is 0 Å². The number of ether oxygens (including phenoxy) is 4. The first kappa shape index (κ1) is 25.7. The molecule has 1 aliphatic rings. The van der Waals surface area contributed by atoms with E-state index in [9.17, 15) is 24.3 Å². The van der Waals surface area contributed by atoms with Crippen molar-refractivity contribution < 1.29 is 43.2 Å². The molecule has 37 heavy (non-hydrogen) atoms. The van der Waals surface area contributed by atoms with E-state index in [0.29, 0.717) is 0 Å². The van der Waals surface area contributed by atoms with E-state index in [1.54, 1.807) is 66.7 Å². The SMILES string of the molecule is CC(=O)C1(O)O[C@H](COC(=O)c2ccccc2)[C@@H](OC(=O)c2ccccc2)[C@H]1OC(=O)c1ccccc1. The molecule has 1 N–H and O–H groups in total. The van der Waals surface area contributed by atoms with Gasteiger partial charge >= 0.3 is 17.9 Å². The van der Waals surface area contributed by atoms with Crippen LogP contribution >= 0.6 is 0 Å². The molecule has 0 bridgehead atoms. The van der Waals surface area contributed by atoms with Gasteiger partial charge < -0.3 is 24.1 Å². The van der Waals surface area contributed by atoms with E-state index in [2.05, 4.69) is 0 Å². The van der Waals surface area contributed by atoms with Gasteiger partial charge in [0.15, 0.2) is 11.9 Å². The predicted molar refractivity (Wildman–Crippen MR) is 129 cm³/mol. The van der Waals surface area contributed by atoms with Gasteiger partial charge in [-0.3, -0.25) is 4.79 Å². The molecule has 1 heterocycles. The second-order valence-corrected chi connectivity index (χ2v) is 8.30. The molecule has 1 unspecified atom stereocenters. The molecule has 190 valence electrons. The number of carbonyl (C=O) groups excluding carboxylic acids is 4. The second kappa shape index (κ2) is 11.2. The van der Waals surface area contributed by atoms with Crippen molar-refractivity contribution in [1.82, 2.24) is 0 Å². The monoisotopic (exact) mass is 504 g/mol. The lowest BCUT2D eigenvalue weighted by Crippen LogP contribution is -2.52. The van der Waals surface area contributed by atoms with Crippen LogP contribution in [-0.2, 0) is 23.7 Å². The van der Waals surface area contributed by atoms with Crippen molar-refractivity contribution in [1.29, 1.82) is 0 Å². The van der Waals surface area contributed by atoms with E-state index in [-0.39, 0.29) is 16.7 Å². The van der Waals surface area contributed by atoms with Crippen molar-refractivity contribution in [2.24, 2.45) is 0 Å². The predicted octanol–water partition coefficient (Wildman–Crippen LogP) is 2.97. The lowest BCUT2D eigenvalue weighted by molar-refractivity contribution is -0.222. The smallest absolute Gasteiger partial charge is 0.338 e.